The van der Waals surface area contributed by atoms with Crippen molar-refractivity contribution in [3.05, 3.63) is 42.5 Å². The molecule has 0 aromatic heterocycles. The molecule has 0 unspecified atom stereocenters. The molecule has 2 bridgehead atoms. The Balaban J connectivity index is 1.64. The summed E-state index contributed by atoms with van der Waals surface area (Å²) in [7, 11) is 1.97. The zero-order valence-electron chi connectivity index (χ0n) is 12.1. The lowest BCUT2D eigenvalue weighted by molar-refractivity contribution is -0.145. The highest BCUT2D eigenvalue weighted by molar-refractivity contribution is 6.15. The molecule has 1 aromatic carbocycles. The van der Waals surface area contributed by atoms with Gasteiger partial charge in [0, 0.05) is 25.3 Å². The lowest BCUT2D eigenvalue weighted by atomic mass is 10.00. The van der Waals surface area contributed by atoms with E-state index in [1.54, 1.807) is 0 Å². The highest BCUT2D eigenvalue weighted by Crippen LogP contribution is 2.34. The first-order valence-electron chi connectivity index (χ1n) is 7.26. The molecule has 21 heavy (non-hydrogen) atoms. The Morgan fingerprint density at radius 3 is 2.67 bits per heavy atom. The molecule has 4 nitrogen and oxygen atoms in total. The summed E-state index contributed by atoms with van der Waals surface area (Å²) in [5.41, 5.74) is 1.14. The van der Waals surface area contributed by atoms with Gasteiger partial charge in [-0.2, -0.15) is 0 Å². The number of likely N-dealkylation sites (N-methyl/N-ethyl adjacent to an activating group) is 1. The van der Waals surface area contributed by atoms with Crippen LogP contribution in [-0.4, -0.2) is 41.9 Å². The highest BCUT2D eigenvalue weighted by Gasteiger charge is 2.45. The predicted octanol–water partition coefficient (Wildman–Crippen LogP) is 2.05. The molecule has 2 saturated heterocycles. The smallest absolute Gasteiger partial charge is 0.338 e. The van der Waals surface area contributed by atoms with Gasteiger partial charge in [0.05, 0.1) is 11.6 Å². The molecule has 110 valence electrons. The maximum atomic E-state index is 12.2. The highest BCUT2D eigenvalue weighted by atomic mass is 16.5. The van der Waals surface area contributed by atoms with Gasteiger partial charge in [0.1, 0.15) is 6.10 Å². The van der Waals surface area contributed by atoms with E-state index in [0.29, 0.717) is 18.4 Å². The molecule has 2 aliphatic heterocycles. The summed E-state index contributed by atoms with van der Waals surface area (Å²) in [5, 5.41) is 0. The molecular formula is C17H19NO3. The molecule has 3 rings (SSSR count). The Morgan fingerprint density at radius 1 is 1.29 bits per heavy atom. The van der Waals surface area contributed by atoms with Crippen LogP contribution >= 0.6 is 0 Å². The van der Waals surface area contributed by atoms with Crippen LogP contribution in [0.5, 0.6) is 0 Å². The van der Waals surface area contributed by atoms with Gasteiger partial charge in [-0.05, 0) is 12.6 Å². The standard InChI is InChI=1S/C17H19NO3/c1-11(12-6-4-3-5-7-12)17(20)21-14-8-13-9-16(19)15(10-14)18(13)2/h3-7,13-15H,1,8-10H2,2H3/t13-,14-,15+/m0/s1. The van der Waals surface area contributed by atoms with Crippen LogP contribution in [0.4, 0.5) is 0 Å². The maximum Gasteiger partial charge on any atom is 0.338 e. The quantitative estimate of drug-likeness (QED) is 0.630. The first kappa shape index (κ1) is 14.0. The molecule has 0 radical (unpaired) electrons. The lowest BCUT2D eigenvalue weighted by Gasteiger charge is -2.34. The summed E-state index contributed by atoms with van der Waals surface area (Å²) in [4.78, 5) is 26.2. The fraction of sp³-hybridized carbons (Fsp3) is 0.412. The third-order valence-electron chi connectivity index (χ3n) is 4.54. The SMILES string of the molecule is C=C(C(=O)O[C@H]1C[C@H]2CC(=O)[C@@H](C1)N2C)c1ccccc1. The van der Waals surface area contributed by atoms with Crippen molar-refractivity contribution in [2.75, 3.05) is 7.05 Å². The van der Waals surface area contributed by atoms with E-state index >= 15 is 0 Å². The third-order valence-corrected chi connectivity index (χ3v) is 4.54. The summed E-state index contributed by atoms with van der Waals surface area (Å²) in [6.07, 6.45) is 1.72. The molecule has 2 fully saturated rings. The molecule has 0 N–H and O–H groups in total. The molecule has 0 saturated carbocycles. The van der Waals surface area contributed by atoms with Gasteiger partial charge in [0.2, 0.25) is 0 Å². The van der Waals surface area contributed by atoms with Crippen LogP contribution in [-0.2, 0) is 14.3 Å². The number of hydrogen-bond acceptors (Lipinski definition) is 4. The van der Waals surface area contributed by atoms with E-state index in [-0.39, 0.29) is 29.9 Å². The van der Waals surface area contributed by atoms with Crippen molar-refractivity contribution in [1.82, 2.24) is 4.90 Å². The van der Waals surface area contributed by atoms with Crippen molar-refractivity contribution < 1.29 is 14.3 Å². The van der Waals surface area contributed by atoms with Crippen molar-refractivity contribution in [2.45, 2.75) is 37.5 Å². The second-order valence-electron chi connectivity index (χ2n) is 5.85. The van der Waals surface area contributed by atoms with Gasteiger partial charge in [-0.15, -0.1) is 0 Å². The topological polar surface area (TPSA) is 46.6 Å². The summed E-state index contributed by atoms with van der Waals surface area (Å²) >= 11 is 0. The number of ether oxygens (including phenoxy) is 1. The molecule has 2 aliphatic rings. The van der Waals surface area contributed by atoms with Crippen LogP contribution in [0.2, 0.25) is 0 Å². The molecule has 4 heteroatoms. The molecule has 0 spiro atoms. The fourth-order valence-corrected chi connectivity index (χ4v) is 3.27. The van der Waals surface area contributed by atoms with Crippen molar-refractivity contribution in [3.8, 4) is 0 Å². The number of carbonyl (C=O) groups excluding carboxylic acids is 2. The van der Waals surface area contributed by atoms with E-state index in [1.807, 2.05) is 37.4 Å². The van der Waals surface area contributed by atoms with Crippen LogP contribution in [0.25, 0.3) is 5.57 Å². The van der Waals surface area contributed by atoms with Crippen LogP contribution < -0.4 is 0 Å². The number of ketones is 1. The second kappa shape index (κ2) is 5.45. The van der Waals surface area contributed by atoms with Crippen LogP contribution in [0.15, 0.2) is 36.9 Å². The van der Waals surface area contributed by atoms with E-state index in [2.05, 4.69) is 11.5 Å². The first-order valence-corrected chi connectivity index (χ1v) is 7.26. The largest absolute Gasteiger partial charge is 0.459 e. The minimum Gasteiger partial charge on any atom is -0.459 e. The maximum absolute atomic E-state index is 12.2. The average Bonchev–Trinajstić information content (AvgIpc) is 2.65. The van der Waals surface area contributed by atoms with E-state index in [4.69, 9.17) is 4.74 Å². The van der Waals surface area contributed by atoms with E-state index < -0.39 is 0 Å². The average molecular weight is 285 g/mol. The van der Waals surface area contributed by atoms with Gasteiger partial charge in [-0.3, -0.25) is 9.69 Å². The van der Waals surface area contributed by atoms with E-state index in [9.17, 15) is 9.59 Å². The summed E-state index contributed by atoms with van der Waals surface area (Å²) < 4.78 is 5.57. The summed E-state index contributed by atoms with van der Waals surface area (Å²) in [6, 6.07) is 9.41. The minimum atomic E-state index is -0.386. The number of esters is 1. The Labute approximate surface area is 124 Å². The van der Waals surface area contributed by atoms with Crippen molar-refractivity contribution in [3.63, 3.8) is 0 Å². The lowest BCUT2D eigenvalue weighted by Crippen LogP contribution is -2.44. The summed E-state index contributed by atoms with van der Waals surface area (Å²) in [5.74, 6) is -0.120. The number of Topliss-reactive ketones (excluding diaryl/α,β-unsaturated/α-hetero) is 1. The zero-order valence-corrected chi connectivity index (χ0v) is 12.1. The number of piperidine rings is 1. The minimum absolute atomic E-state index is 0.0912. The van der Waals surface area contributed by atoms with Crippen molar-refractivity contribution in [1.29, 1.82) is 0 Å². The van der Waals surface area contributed by atoms with Crippen LogP contribution in [0.1, 0.15) is 24.8 Å². The molecule has 0 aliphatic carbocycles. The number of benzene rings is 1. The Hall–Kier alpha value is -1.94. The fourth-order valence-electron chi connectivity index (χ4n) is 3.27. The van der Waals surface area contributed by atoms with Gasteiger partial charge in [0.25, 0.3) is 0 Å². The van der Waals surface area contributed by atoms with E-state index in [1.165, 1.54) is 0 Å². The Bertz CT molecular complexity index is 581. The Kier molecular flexibility index (Phi) is 3.64. The molecule has 2 heterocycles. The molecule has 1 aromatic rings. The van der Waals surface area contributed by atoms with Gasteiger partial charge >= 0.3 is 5.97 Å². The first-order chi connectivity index (χ1) is 10.1. The number of carbonyl (C=O) groups is 2. The van der Waals surface area contributed by atoms with E-state index in [0.717, 1.165) is 12.0 Å². The third kappa shape index (κ3) is 2.63. The molecule has 0 amide bonds. The van der Waals surface area contributed by atoms with Crippen LogP contribution in [0.3, 0.4) is 0 Å². The number of fused-ring (bicyclic) bond motifs is 2. The normalized spacial score (nSPS) is 28.4. The van der Waals surface area contributed by atoms with Gasteiger partial charge in [0.15, 0.2) is 5.78 Å². The monoisotopic (exact) mass is 285 g/mol. The molecular weight excluding hydrogens is 266 g/mol. The predicted molar refractivity (Wildman–Crippen MR) is 79.6 cm³/mol. The second-order valence-corrected chi connectivity index (χ2v) is 5.85. The van der Waals surface area contributed by atoms with Gasteiger partial charge in [-0.25, -0.2) is 4.79 Å². The summed E-state index contributed by atoms with van der Waals surface area (Å²) in [6.45, 7) is 3.82. The van der Waals surface area contributed by atoms with Crippen LogP contribution in [0, 0.1) is 0 Å². The van der Waals surface area contributed by atoms with Gasteiger partial charge in [-0.1, -0.05) is 36.9 Å². The number of hydrogen-bond donors (Lipinski definition) is 0. The van der Waals surface area contributed by atoms with Gasteiger partial charge < -0.3 is 4.74 Å². The zero-order chi connectivity index (χ0) is 15.0. The number of nitrogens with zero attached hydrogens (tertiary/aromatic N) is 1. The number of rotatable bonds is 3. The molecule has 3 atom stereocenters. The Morgan fingerprint density at radius 2 is 2.00 bits per heavy atom. The van der Waals surface area contributed by atoms with Crippen molar-refractivity contribution in [2.24, 2.45) is 0 Å². The van der Waals surface area contributed by atoms with Crippen molar-refractivity contribution >= 4 is 17.3 Å².